The molecule has 19 heteroatoms. The minimum atomic E-state index is -1.96. The number of rotatable bonds is 29. The van der Waals surface area contributed by atoms with Gasteiger partial charge in [-0.1, -0.05) is 104 Å². The van der Waals surface area contributed by atoms with Crippen LogP contribution in [0, 0.1) is 0 Å². The first-order valence-electron chi connectivity index (χ1n) is 22.3. The summed E-state index contributed by atoms with van der Waals surface area (Å²) in [7, 11) is 0. The highest BCUT2D eigenvalue weighted by molar-refractivity contribution is 5.76. The molecule has 3 saturated heterocycles. The summed E-state index contributed by atoms with van der Waals surface area (Å²) >= 11 is 0. The van der Waals surface area contributed by atoms with Crippen molar-refractivity contribution in [3.8, 4) is 0 Å². The van der Waals surface area contributed by atoms with Crippen molar-refractivity contribution in [2.75, 3.05) is 26.4 Å². The molecule has 1 amide bonds. The van der Waals surface area contributed by atoms with Gasteiger partial charge in [0.15, 0.2) is 18.9 Å². The van der Waals surface area contributed by atoms with E-state index < -0.39 is 124 Å². The average molecular weight is 872 g/mol. The normalized spacial score (nSPS) is 35.9. The molecule has 3 aliphatic heterocycles. The van der Waals surface area contributed by atoms with Crippen LogP contribution in [0.4, 0.5) is 0 Å². The SMILES string of the molecule is CCCCCCCCCCCCCC(=O)NC(COC1OC(CO)C(OC2OC(CO)C(OC3OC(CO)C(O)C(O)C3O)C(O)C2O)C(O)C1O)C(O)CCCCCC. The number of ether oxygens (including phenoxy) is 6. The summed E-state index contributed by atoms with van der Waals surface area (Å²) in [6.45, 7) is 1.58. The first-order valence-corrected chi connectivity index (χ1v) is 22.3. The van der Waals surface area contributed by atoms with Crippen molar-refractivity contribution in [1.82, 2.24) is 5.32 Å². The van der Waals surface area contributed by atoms with Crippen LogP contribution < -0.4 is 5.32 Å². The van der Waals surface area contributed by atoms with Crippen molar-refractivity contribution >= 4 is 5.91 Å². The van der Waals surface area contributed by atoms with Gasteiger partial charge in [0.25, 0.3) is 0 Å². The number of hydrogen-bond donors (Lipinski definition) is 12. The molecule has 3 fully saturated rings. The second-order valence-electron chi connectivity index (χ2n) is 16.5. The lowest BCUT2D eigenvalue weighted by molar-refractivity contribution is -0.379. The number of carbonyl (C=O) groups excluding carboxylic acids is 1. The molecule has 0 aliphatic carbocycles. The highest BCUT2D eigenvalue weighted by Crippen LogP contribution is 2.33. The van der Waals surface area contributed by atoms with Crippen LogP contribution in [0.25, 0.3) is 0 Å². The predicted molar refractivity (Wildman–Crippen MR) is 213 cm³/mol. The Morgan fingerprint density at radius 1 is 0.533 bits per heavy atom. The first-order chi connectivity index (χ1) is 28.8. The fourth-order valence-electron chi connectivity index (χ4n) is 7.84. The van der Waals surface area contributed by atoms with E-state index in [-0.39, 0.29) is 18.9 Å². The molecule has 3 heterocycles. The molecule has 17 unspecified atom stereocenters. The van der Waals surface area contributed by atoms with E-state index in [2.05, 4.69) is 19.2 Å². The molecule has 17 atom stereocenters. The summed E-state index contributed by atoms with van der Waals surface area (Å²) < 4.78 is 33.9. The summed E-state index contributed by atoms with van der Waals surface area (Å²) in [6.07, 6.45) is -9.61. The maximum atomic E-state index is 13.0. The van der Waals surface area contributed by atoms with Crippen LogP contribution in [0.1, 0.15) is 123 Å². The van der Waals surface area contributed by atoms with Crippen LogP contribution in [0.3, 0.4) is 0 Å². The van der Waals surface area contributed by atoms with Gasteiger partial charge in [-0.3, -0.25) is 4.79 Å². The molecule has 0 aromatic carbocycles. The molecule has 0 bridgehead atoms. The number of aliphatic hydroxyl groups is 11. The number of carbonyl (C=O) groups is 1. The lowest BCUT2D eigenvalue weighted by Crippen LogP contribution is -2.66. The number of nitrogens with one attached hydrogen (secondary N) is 1. The van der Waals surface area contributed by atoms with Crippen LogP contribution in [0.2, 0.25) is 0 Å². The number of unbranched alkanes of at least 4 members (excludes halogenated alkanes) is 13. The predicted octanol–water partition coefficient (Wildman–Crippen LogP) is -1.03. The van der Waals surface area contributed by atoms with Gasteiger partial charge in [0.1, 0.15) is 73.2 Å². The van der Waals surface area contributed by atoms with Crippen LogP contribution in [0.15, 0.2) is 0 Å². The summed E-state index contributed by atoms with van der Waals surface area (Å²) in [5.74, 6) is -0.255. The van der Waals surface area contributed by atoms with Gasteiger partial charge in [-0.2, -0.15) is 0 Å². The Morgan fingerprint density at radius 3 is 1.45 bits per heavy atom. The van der Waals surface area contributed by atoms with Crippen LogP contribution >= 0.6 is 0 Å². The first kappa shape index (κ1) is 53.1. The zero-order valence-electron chi connectivity index (χ0n) is 35.4. The van der Waals surface area contributed by atoms with E-state index in [1.54, 1.807) is 0 Å². The van der Waals surface area contributed by atoms with E-state index in [4.69, 9.17) is 28.4 Å². The molecule has 0 radical (unpaired) electrons. The molecule has 0 aromatic rings. The molecule has 354 valence electrons. The van der Waals surface area contributed by atoms with Crippen molar-refractivity contribution in [2.24, 2.45) is 0 Å². The molecule has 0 aromatic heterocycles. The molecule has 60 heavy (non-hydrogen) atoms. The van der Waals surface area contributed by atoms with Gasteiger partial charge in [-0.25, -0.2) is 0 Å². The maximum Gasteiger partial charge on any atom is 0.220 e. The average Bonchev–Trinajstić information content (AvgIpc) is 3.24. The molecule has 12 N–H and O–H groups in total. The maximum absolute atomic E-state index is 13.0. The van der Waals surface area contributed by atoms with Gasteiger partial charge < -0.3 is 89.9 Å². The Labute approximate surface area is 353 Å². The third-order valence-electron chi connectivity index (χ3n) is 11.7. The zero-order valence-corrected chi connectivity index (χ0v) is 35.4. The molecule has 3 aliphatic rings. The number of amides is 1. The minimum absolute atomic E-state index is 0.255. The second-order valence-corrected chi connectivity index (χ2v) is 16.5. The lowest BCUT2D eigenvalue weighted by atomic mass is 9.96. The van der Waals surface area contributed by atoms with Gasteiger partial charge in [-0.05, 0) is 12.8 Å². The van der Waals surface area contributed by atoms with E-state index in [1.807, 2.05) is 0 Å². The Hall–Kier alpha value is -1.21. The van der Waals surface area contributed by atoms with Gasteiger partial charge in [0, 0.05) is 6.42 Å². The quantitative estimate of drug-likeness (QED) is 0.0400. The highest BCUT2D eigenvalue weighted by Gasteiger charge is 2.53. The summed E-state index contributed by atoms with van der Waals surface area (Å²) in [5.41, 5.74) is 0. The minimum Gasteiger partial charge on any atom is -0.394 e. The summed E-state index contributed by atoms with van der Waals surface area (Å²) in [6, 6.07) is -0.873. The molecular formula is C41H77NO18. The van der Waals surface area contributed by atoms with Gasteiger partial charge >= 0.3 is 0 Å². The van der Waals surface area contributed by atoms with Gasteiger partial charge in [0.05, 0.1) is 38.6 Å². The van der Waals surface area contributed by atoms with Crippen molar-refractivity contribution in [3.63, 3.8) is 0 Å². The molecule has 0 saturated carbocycles. The molecule has 19 nitrogen and oxygen atoms in total. The topological polar surface area (TPSA) is 307 Å². The van der Waals surface area contributed by atoms with E-state index in [1.165, 1.54) is 44.9 Å². The van der Waals surface area contributed by atoms with Crippen molar-refractivity contribution in [2.45, 2.75) is 227 Å². The third kappa shape index (κ3) is 16.1. The Morgan fingerprint density at radius 2 is 0.950 bits per heavy atom. The Balaban J connectivity index is 1.56. The lowest BCUT2D eigenvalue weighted by Gasteiger charge is -2.48. The van der Waals surface area contributed by atoms with Crippen molar-refractivity contribution in [3.05, 3.63) is 0 Å². The fraction of sp³-hybridized carbons (Fsp3) is 0.976. The van der Waals surface area contributed by atoms with E-state index in [9.17, 15) is 61.0 Å². The third-order valence-corrected chi connectivity index (χ3v) is 11.7. The number of hydrogen-bond acceptors (Lipinski definition) is 18. The van der Waals surface area contributed by atoms with Gasteiger partial charge in [0.2, 0.25) is 5.91 Å². The fourth-order valence-corrected chi connectivity index (χ4v) is 7.84. The second kappa shape index (κ2) is 28.6. The summed E-state index contributed by atoms with van der Waals surface area (Å²) in [5, 5.41) is 119. The smallest absolute Gasteiger partial charge is 0.220 e. The van der Waals surface area contributed by atoms with Crippen molar-refractivity contribution < 1.29 is 89.4 Å². The Kier molecular flexibility index (Phi) is 25.3. The van der Waals surface area contributed by atoms with E-state index >= 15 is 0 Å². The largest absolute Gasteiger partial charge is 0.394 e. The van der Waals surface area contributed by atoms with Crippen LogP contribution in [-0.2, 0) is 33.2 Å². The molecular weight excluding hydrogens is 794 g/mol. The number of aliphatic hydroxyl groups excluding tert-OH is 11. The standard InChI is InChI=1S/C41H77NO18/c1-3-5-7-9-10-11-12-13-14-15-17-19-29(47)42-24(25(46)18-16-8-6-4-2)23-55-39-35(53)32(50)37(27(21-44)57-39)60-41-36(54)33(51)38(28(22-45)58-41)59-40-34(52)31(49)30(48)26(20-43)56-40/h24-28,30-41,43-46,48-54H,3-23H2,1-2H3,(H,42,47). The van der Waals surface area contributed by atoms with Crippen LogP contribution in [0.5, 0.6) is 0 Å². The zero-order chi connectivity index (χ0) is 44.2. The molecule has 3 rings (SSSR count). The van der Waals surface area contributed by atoms with Gasteiger partial charge in [-0.15, -0.1) is 0 Å². The van der Waals surface area contributed by atoms with E-state index in [0.29, 0.717) is 19.3 Å². The van der Waals surface area contributed by atoms with Crippen molar-refractivity contribution in [1.29, 1.82) is 0 Å². The Bertz CT molecular complexity index is 1140. The molecule has 0 spiro atoms. The monoisotopic (exact) mass is 872 g/mol. The van der Waals surface area contributed by atoms with Crippen LogP contribution in [-0.4, -0.2) is 193 Å². The van der Waals surface area contributed by atoms with E-state index in [0.717, 1.165) is 38.5 Å². The summed E-state index contributed by atoms with van der Waals surface area (Å²) in [4.78, 5) is 13.0. The highest BCUT2D eigenvalue weighted by atomic mass is 16.8.